The Bertz CT molecular complexity index is 463. The van der Waals surface area contributed by atoms with Gasteiger partial charge in [-0.05, 0) is 40.5 Å². The average Bonchev–Trinajstić information content (AvgIpc) is 2.35. The number of benzene rings is 1. The normalized spacial score (nSPS) is 11.7. The first-order valence-electron chi connectivity index (χ1n) is 5.43. The second kappa shape index (κ2) is 6.39. The fourth-order valence-corrected chi connectivity index (χ4v) is 1.84. The highest BCUT2D eigenvalue weighted by Gasteiger charge is 2.18. The summed E-state index contributed by atoms with van der Waals surface area (Å²) in [4.78, 5) is 23.1. The third-order valence-electron chi connectivity index (χ3n) is 2.48. The zero-order valence-corrected chi connectivity index (χ0v) is 11.8. The quantitative estimate of drug-likeness (QED) is 0.863. The molecule has 0 saturated carbocycles. The number of carbonyl (C=O) groups is 2. The number of nitrogens with two attached hydrogens (primary N) is 1. The van der Waals surface area contributed by atoms with Crippen molar-refractivity contribution in [2.45, 2.75) is 19.4 Å². The third-order valence-corrected chi connectivity index (χ3v) is 3.17. The third kappa shape index (κ3) is 3.46. The van der Waals surface area contributed by atoms with Gasteiger partial charge in [0, 0.05) is 4.47 Å². The van der Waals surface area contributed by atoms with E-state index in [0.29, 0.717) is 22.2 Å². The Hall–Kier alpha value is -1.56. The van der Waals surface area contributed by atoms with E-state index in [1.54, 1.807) is 25.1 Å². The molecule has 5 nitrogen and oxygen atoms in total. The van der Waals surface area contributed by atoms with Crippen LogP contribution in [0.15, 0.2) is 22.7 Å². The maximum absolute atomic E-state index is 12.0. The van der Waals surface area contributed by atoms with Gasteiger partial charge in [-0.2, -0.15) is 0 Å². The number of hydrogen-bond donors (Lipinski definition) is 2. The molecular weight excluding hydrogens is 300 g/mol. The van der Waals surface area contributed by atoms with Gasteiger partial charge in [-0.25, -0.2) is 0 Å². The summed E-state index contributed by atoms with van der Waals surface area (Å²) in [5, 5.41) is 2.58. The summed E-state index contributed by atoms with van der Waals surface area (Å²) >= 11 is 3.28. The van der Waals surface area contributed by atoms with Crippen LogP contribution in [0, 0.1) is 0 Å². The summed E-state index contributed by atoms with van der Waals surface area (Å²) in [6, 6.07) is 4.36. The molecule has 1 rings (SSSR count). The maximum Gasteiger partial charge on any atom is 0.253 e. The molecule has 0 unspecified atom stereocenters. The molecule has 0 saturated heterocycles. The van der Waals surface area contributed by atoms with Crippen LogP contribution in [-0.4, -0.2) is 25.0 Å². The smallest absolute Gasteiger partial charge is 0.253 e. The molecule has 6 heteroatoms. The van der Waals surface area contributed by atoms with Gasteiger partial charge in [0.15, 0.2) is 0 Å². The van der Waals surface area contributed by atoms with Gasteiger partial charge in [-0.1, -0.05) is 6.92 Å². The summed E-state index contributed by atoms with van der Waals surface area (Å²) in [5.41, 5.74) is 5.57. The molecule has 0 radical (unpaired) electrons. The Morgan fingerprint density at radius 3 is 2.67 bits per heavy atom. The van der Waals surface area contributed by atoms with Gasteiger partial charge in [0.05, 0.1) is 12.7 Å². The zero-order valence-electron chi connectivity index (χ0n) is 10.2. The van der Waals surface area contributed by atoms with E-state index >= 15 is 0 Å². The molecular formula is C12H15BrN2O3. The molecule has 0 heterocycles. The monoisotopic (exact) mass is 314 g/mol. The van der Waals surface area contributed by atoms with Crippen LogP contribution in [0.1, 0.15) is 23.7 Å². The molecule has 1 aromatic rings. The molecule has 2 amide bonds. The predicted octanol–water partition coefficient (Wildman–Crippen LogP) is 1.45. The van der Waals surface area contributed by atoms with Gasteiger partial charge in [0.2, 0.25) is 5.91 Å². The van der Waals surface area contributed by atoms with Gasteiger partial charge < -0.3 is 15.8 Å². The predicted molar refractivity (Wildman–Crippen MR) is 71.4 cm³/mol. The first-order chi connectivity index (χ1) is 8.49. The average molecular weight is 315 g/mol. The summed E-state index contributed by atoms with van der Waals surface area (Å²) in [5.74, 6) is -0.355. The first kappa shape index (κ1) is 14.5. The number of halogens is 1. The Morgan fingerprint density at radius 1 is 1.50 bits per heavy atom. The SMILES string of the molecule is CC[C@@H](NC(=O)c1cc(OC)ccc1Br)C(N)=O. The lowest BCUT2D eigenvalue weighted by Crippen LogP contribution is -2.44. The van der Waals surface area contributed by atoms with Gasteiger partial charge in [0.1, 0.15) is 11.8 Å². The second-order valence-corrected chi connectivity index (χ2v) is 4.54. The highest BCUT2D eigenvalue weighted by Crippen LogP contribution is 2.22. The Morgan fingerprint density at radius 2 is 2.17 bits per heavy atom. The molecule has 0 spiro atoms. The molecule has 98 valence electrons. The molecule has 0 aromatic heterocycles. The number of hydrogen-bond acceptors (Lipinski definition) is 3. The van der Waals surface area contributed by atoms with Gasteiger partial charge in [-0.3, -0.25) is 9.59 Å². The number of methoxy groups -OCH3 is 1. The van der Waals surface area contributed by atoms with E-state index in [4.69, 9.17) is 10.5 Å². The summed E-state index contributed by atoms with van der Waals surface area (Å²) in [6.07, 6.45) is 0.447. The number of amides is 2. The van der Waals surface area contributed by atoms with Gasteiger partial charge in [0.25, 0.3) is 5.91 Å². The fraction of sp³-hybridized carbons (Fsp3) is 0.333. The van der Waals surface area contributed by atoms with Crippen LogP contribution < -0.4 is 15.8 Å². The lowest BCUT2D eigenvalue weighted by Gasteiger charge is -2.14. The van der Waals surface area contributed by atoms with E-state index in [1.165, 1.54) is 7.11 Å². The highest BCUT2D eigenvalue weighted by molar-refractivity contribution is 9.10. The summed E-state index contributed by atoms with van der Waals surface area (Å²) in [7, 11) is 1.52. The van der Waals surface area contributed by atoms with E-state index in [1.807, 2.05) is 0 Å². The lowest BCUT2D eigenvalue weighted by atomic mass is 10.1. The van der Waals surface area contributed by atoms with Crippen LogP contribution in [0.5, 0.6) is 5.75 Å². The molecule has 0 fully saturated rings. The molecule has 0 aliphatic rings. The van der Waals surface area contributed by atoms with Crippen molar-refractivity contribution in [1.82, 2.24) is 5.32 Å². The minimum absolute atomic E-state index is 0.369. The second-order valence-electron chi connectivity index (χ2n) is 3.68. The summed E-state index contributed by atoms with van der Waals surface area (Å²) < 4.78 is 5.67. The molecule has 0 aliphatic carbocycles. The number of ether oxygens (including phenoxy) is 1. The number of primary amides is 1. The van der Waals surface area contributed by atoms with Crippen molar-refractivity contribution >= 4 is 27.7 Å². The highest BCUT2D eigenvalue weighted by atomic mass is 79.9. The van der Waals surface area contributed by atoms with Crippen LogP contribution in [0.4, 0.5) is 0 Å². The zero-order chi connectivity index (χ0) is 13.7. The van der Waals surface area contributed by atoms with Crippen molar-refractivity contribution in [3.05, 3.63) is 28.2 Å². The first-order valence-corrected chi connectivity index (χ1v) is 6.22. The minimum Gasteiger partial charge on any atom is -0.497 e. The maximum atomic E-state index is 12.0. The lowest BCUT2D eigenvalue weighted by molar-refractivity contribution is -0.119. The van der Waals surface area contributed by atoms with E-state index in [-0.39, 0.29) is 5.91 Å². The van der Waals surface area contributed by atoms with Crippen LogP contribution >= 0.6 is 15.9 Å². The van der Waals surface area contributed by atoms with Crippen LogP contribution in [-0.2, 0) is 4.79 Å². The number of rotatable bonds is 5. The molecule has 1 atom stereocenters. The Kier molecular flexibility index (Phi) is 5.15. The molecule has 18 heavy (non-hydrogen) atoms. The van der Waals surface area contributed by atoms with Crippen molar-refractivity contribution in [2.75, 3.05) is 7.11 Å². The largest absolute Gasteiger partial charge is 0.497 e. The van der Waals surface area contributed by atoms with Crippen molar-refractivity contribution < 1.29 is 14.3 Å². The van der Waals surface area contributed by atoms with Crippen LogP contribution in [0.3, 0.4) is 0 Å². The van der Waals surface area contributed by atoms with Crippen molar-refractivity contribution in [2.24, 2.45) is 5.73 Å². The fourth-order valence-electron chi connectivity index (χ4n) is 1.42. The molecule has 1 aromatic carbocycles. The summed E-state index contributed by atoms with van der Waals surface area (Å²) in [6.45, 7) is 1.77. The molecule has 0 aliphatic heterocycles. The van der Waals surface area contributed by atoms with Crippen molar-refractivity contribution in [3.63, 3.8) is 0 Å². The van der Waals surface area contributed by atoms with Crippen molar-refractivity contribution in [1.29, 1.82) is 0 Å². The van der Waals surface area contributed by atoms with E-state index < -0.39 is 11.9 Å². The number of carbonyl (C=O) groups excluding carboxylic acids is 2. The number of nitrogens with one attached hydrogen (secondary N) is 1. The van der Waals surface area contributed by atoms with E-state index in [9.17, 15) is 9.59 Å². The van der Waals surface area contributed by atoms with Crippen molar-refractivity contribution in [3.8, 4) is 5.75 Å². The Labute approximate surface area is 114 Å². The van der Waals surface area contributed by atoms with Gasteiger partial charge in [-0.15, -0.1) is 0 Å². The standard InChI is InChI=1S/C12H15BrN2O3/c1-3-10(11(14)16)15-12(17)8-6-7(18-2)4-5-9(8)13/h4-6,10H,3H2,1-2H3,(H2,14,16)(H,15,17)/t10-/m1/s1. The molecule has 3 N–H and O–H groups in total. The van der Waals surface area contributed by atoms with Crippen LogP contribution in [0.2, 0.25) is 0 Å². The topological polar surface area (TPSA) is 81.4 Å². The van der Waals surface area contributed by atoms with Crippen LogP contribution in [0.25, 0.3) is 0 Å². The Balaban J connectivity index is 2.93. The van der Waals surface area contributed by atoms with E-state index in [2.05, 4.69) is 21.2 Å². The molecule has 0 bridgehead atoms. The van der Waals surface area contributed by atoms with Gasteiger partial charge >= 0.3 is 0 Å². The minimum atomic E-state index is -0.671. The van der Waals surface area contributed by atoms with E-state index in [0.717, 1.165) is 0 Å².